The molecule has 5 nitrogen and oxygen atoms in total. The predicted octanol–water partition coefficient (Wildman–Crippen LogP) is 3.16. The Hall–Kier alpha value is -2.91. The van der Waals surface area contributed by atoms with E-state index in [0.29, 0.717) is 4.91 Å². The summed E-state index contributed by atoms with van der Waals surface area (Å²) < 4.78 is 7.08. The van der Waals surface area contributed by atoms with Gasteiger partial charge in [0.05, 0.1) is 18.6 Å². The fraction of sp³-hybridized carbons (Fsp3) is 0.111. The third kappa shape index (κ3) is 2.94. The van der Waals surface area contributed by atoms with Crippen molar-refractivity contribution in [3.63, 3.8) is 0 Å². The molecule has 1 aromatic carbocycles. The standard InChI is InChI=1S/C18H14N2O3S/c1-3-10-20-17(21)16(24-18(20)22)12-14-5-4-11-19(14)13-6-8-15(23-2)9-7-13/h1,4-9,11-12H,10H2,2H3/b16-12+. The molecule has 0 N–H and O–H groups in total. The average molecular weight is 338 g/mol. The lowest BCUT2D eigenvalue weighted by molar-refractivity contribution is -0.122. The molecule has 0 aliphatic carbocycles. The van der Waals surface area contributed by atoms with Crippen molar-refractivity contribution in [1.29, 1.82) is 0 Å². The number of amides is 2. The monoisotopic (exact) mass is 338 g/mol. The topological polar surface area (TPSA) is 51.5 Å². The molecule has 1 fully saturated rings. The number of nitrogens with zero attached hydrogens (tertiary/aromatic N) is 2. The van der Waals surface area contributed by atoms with E-state index in [-0.39, 0.29) is 17.7 Å². The predicted molar refractivity (Wildman–Crippen MR) is 93.8 cm³/mol. The number of imide groups is 1. The number of benzene rings is 1. The fourth-order valence-corrected chi connectivity index (χ4v) is 3.17. The molecule has 24 heavy (non-hydrogen) atoms. The summed E-state index contributed by atoms with van der Waals surface area (Å²) in [5, 5.41) is -0.341. The number of carbonyl (C=O) groups excluding carboxylic acids is 2. The van der Waals surface area contributed by atoms with E-state index in [4.69, 9.17) is 11.2 Å². The zero-order valence-electron chi connectivity index (χ0n) is 12.9. The quantitative estimate of drug-likeness (QED) is 0.635. The molecule has 1 aliphatic heterocycles. The van der Waals surface area contributed by atoms with Crippen LogP contribution >= 0.6 is 11.8 Å². The lowest BCUT2D eigenvalue weighted by Crippen LogP contribution is -2.28. The summed E-state index contributed by atoms with van der Waals surface area (Å²) in [5.74, 6) is 2.74. The van der Waals surface area contributed by atoms with Crippen molar-refractivity contribution in [1.82, 2.24) is 9.47 Å². The highest BCUT2D eigenvalue weighted by Crippen LogP contribution is 2.32. The second-order valence-electron chi connectivity index (χ2n) is 4.97. The van der Waals surface area contributed by atoms with Crippen molar-refractivity contribution in [2.45, 2.75) is 0 Å². The minimum atomic E-state index is -0.356. The first-order valence-electron chi connectivity index (χ1n) is 7.14. The molecule has 120 valence electrons. The normalized spacial score (nSPS) is 15.8. The highest BCUT2D eigenvalue weighted by Gasteiger charge is 2.34. The number of hydrogen-bond donors (Lipinski definition) is 0. The Labute approximate surface area is 143 Å². The van der Waals surface area contributed by atoms with E-state index in [1.165, 1.54) is 0 Å². The van der Waals surface area contributed by atoms with Crippen molar-refractivity contribution >= 4 is 29.0 Å². The summed E-state index contributed by atoms with van der Waals surface area (Å²) in [5.41, 5.74) is 1.72. The number of ether oxygens (including phenoxy) is 1. The van der Waals surface area contributed by atoms with Crippen LogP contribution in [-0.2, 0) is 4.79 Å². The number of aromatic nitrogens is 1. The third-order valence-corrected chi connectivity index (χ3v) is 4.44. The molecule has 0 saturated carbocycles. The average Bonchev–Trinajstić information content (AvgIpc) is 3.16. The lowest BCUT2D eigenvalue weighted by atomic mass is 10.3. The lowest BCUT2D eigenvalue weighted by Gasteiger charge is -2.08. The van der Waals surface area contributed by atoms with Gasteiger partial charge in [-0.3, -0.25) is 14.5 Å². The van der Waals surface area contributed by atoms with E-state index in [1.807, 2.05) is 47.2 Å². The van der Waals surface area contributed by atoms with Crippen LogP contribution in [0.5, 0.6) is 5.75 Å². The minimum Gasteiger partial charge on any atom is -0.497 e. The minimum absolute atomic E-state index is 0.0124. The highest BCUT2D eigenvalue weighted by atomic mass is 32.2. The molecule has 0 bridgehead atoms. The molecule has 1 aromatic heterocycles. The Morgan fingerprint density at radius 3 is 2.67 bits per heavy atom. The molecule has 3 rings (SSSR count). The molecule has 0 unspecified atom stereocenters. The SMILES string of the molecule is C#CCN1C(=O)S/C(=C/c2cccn2-c2ccc(OC)cc2)C1=O. The molecule has 2 heterocycles. The van der Waals surface area contributed by atoms with Crippen molar-refractivity contribution in [3.8, 4) is 23.8 Å². The highest BCUT2D eigenvalue weighted by molar-refractivity contribution is 8.18. The number of terminal acetylenes is 1. The molecule has 0 spiro atoms. The number of methoxy groups -OCH3 is 1. The molecule has 0 atom stereocenters. The van der Waals surface area contributed by atoms with Crippen LogP contribution in [0.3, 0.4) is 0 Å². The number of carbonyl (C=O) groups is 2. The van der Waals surface area contributed by atoms with Gasteiger partial charge in [-0.1, -0.05) is 5.92 Å². The zero-order valence-corrected chi connectivity index (χ0v) is 13.7. The van der Waals surface area contributed by atoms with E-state index in [2.05, 4.69) is 5.92 Å². The van der Waals surface area contributed by atoms with Crippen LogP contribution in [0.25, 0.3) is 11.8 Å². The molecule has 2 amide bonds. The maximum Gasteiger partial charge on any atom is 0.294 e. The van der Waals surface area contributed by atoms with Crippen molar-refractivity contribution in [2.75, 3.05) is 13.7 Å². The van der Waals surface area contributed by atoms with Gasteiger partial charge in [-0.05, 0) is 54.2 Å². The first-order chi connectivity index (χ1) is 11.6. The molecule has 1 aliphatic rings. The smallest absolute Gasteiger partial charge is 0.294 e. The van der Waals surface area contributed by atoms with Gasteiger partial charge in [0, 0.05) is 17.6 Å². The Morgan fingerprint density at radius 1 is 1.25 bits per heavy atom. The summed E-state index contributed by atoms with van der Waals surface area (Å²) in [6.45, 7) is -0.0124. The van der Waals surface area contributed by atoms with Crippen LogP contribution in [-0.4, -0.2) is 34.3 Å². The zero-order chi connectivity index (χ0) is 17.1. The molecule has 2 aromatic rings. The largest absolute Gasteiger partial charge is 0.497 e. The van der Waals surface area contributed by atoms with E-state index in [1.54, 1.807) is 13.2 Å². The van der Waals surface area contributed by atoms with E-state index in [9.17, 15) is 9.59 Å². The number of hydrogen-bond acceptors (Lipinski definition) is 4. The van der Waals surface area contributed by atoms with Gasteiger partial charge < -0.3 is 9.30 Å². The van der Waals surface area contributed by atoms with Gasteiger partial charge in [0.25, 0.3) is 11.1 Å². The molecule has 1 saturated heterocycles. The maximum absolute atomic E-state index is 12.3. The molecular formula is C18H14N2O3S. The van der Waals surface area contributed by atoms with Gasteiger partial charge in [0.15, 0.2) is 0 Å². The molecule has 6 heteroatoms. The first-order valence-corrected chi connectivity index (χ1v) is 7.96. The van der Waals surface area contributed by atoms with Crippen LogP contribution in [0, 0.1) is 12.3 Å². The summed E-state index contributed by atoms with van der Waals surface area (Å²) >= 11 is 0.900. The van der Waals surface area contributed by atoms with Gasteiger partial charge in [-0.15, -0.1) is 6.42 Å². The van der Waals surface area contributed by atoms with Crippen molar-refractivity contribution in [2.24, 2.45) is 0 Å². The van der Waals surface area contributed by atoms with Gasteiger partial charge in [0.2, 0.25) is 0 Å². The summed E-state index contributed by atoms with van der Waals surface area (Å²) in [6, 6.07) is 11.3. The maximum atomic E-state index is 12.3. The van der Waals surface area contributed by atoms with Crippen LogP contribution < -0.4 is 4.74 Å². The third-order valence-electron chi connectivity index (χ3n) is 3.53. The Balaban J connectivity index is 1.92. The summed E-state index contributed by atoms with van der Waals surface area (Å²) in [6.07, 6.45) is 8.79. The van der Waals surface area contributed by atoms with Gasteiger partial charge in [0.1, 0.15) is 5.75 Å². The van der Waals surface area contributed by atoms with Crippen LogP contribution in [0.1, 0.15) is 5.69 Å². The number of rotatable bonds is 4. The molecular weight excluding hydrogens is 324 g/mol. The van der Waals surface area contributed by atoms with E-state index < -0.39 is 0 Å². The van der Waals surface area contributed by atoms with Gasteiger partial charge in [-0.25, -0.2) is 0 Å². The Morgan fingerprint density at radius 2 is 2.00 bits per heavy atom. The fourth-order valence-electron chi connectivity index (χ4n) is 2.35. The van der Waals surface area contributed by atoms with Gasteiger partial charge in [-0.2, -0.15) is 0 Å². The van der Waals surface area contributed by atoms with Crippen molar-refractivity contribution in [3.05, 3.63) is 53.2 Å². The van der Waals surface area contributed by atoms with Crippen LogP contribution in [0.2, 0.25) is 0 Å². The number of thioether (sulfide) groups is 1. The molecule has 0 radical (unpaired) electrons. The first kappa shape index (κ1) is 16.0. The van der Waals surface area contributed by atoms with Crippen molar-refractivity contribution < 1.29 is 14.3 Å². The van der Waals surface area contributed by atoms with Gasteiger partial charge >= 0.3 is 0 Å². The Kier molecular flexibility index (Phi) is 4.45. The van der Waals surface area contributed by atoms with E-state index in [0.717, 1.165) is 33.8 Å². The van der Waals surface area contributed by atoms with E-state index >= 15 is 0 Å². The van der Waals surface area contributed by atoms with Crippen LogP contribution in [0.15, 0.2) is 47.5 Å². The summed E-state index contributed by atoms with van der Waals surface area (Å²) in [7, 11) is 1.61. The Bertz CT molecular complexity index is 859. The second-order valence-corrected chi connectivity index (χ2v) is 5.97. The second kappa shape index (κ2) is 6.69. The summed E-state index contributed by atoms with van der Waals surface area (Å²) in [4.78, 5) is 25.5. The van der Waals surface area contributed by atoms with Crippen LogP contribution in [0.4, 0.5) is 4.79 Å².